The number of carbonyl (C=O) groups excluding carboxylic acids is 2. The quantitative estimate of drug-likeness (QED) is 0.813. The summed E-state index contributed by atoms with van der Waals surface area (Å²) in [7, 11) is 1.56. The molecular formula is C21H31ClN2O4. The van der Waals surface area contributed by atoms with E-state index in [1.54, 1.807) is 30.2 Å². The first kappa shape index (κ1) is 22.3. The molecule has 1 N–H and O–H groups in total. The number of amides is 2. The second-order valence-corrected chi connectivity index (χ2v) is 9.30. The topological polar surface area (TPSA) is 67.9 Å². The lowest BCUT2D eigenvalue weighted by molar-refractivity contribution is -0.122. The average Bonchev–Trinajstić information content (AvgIpc) is 2.56. The van der Waals surface area contributed by atoms with E-state index >= 15 is 0 Å². The maximum atomic E-state index is 12.7. The number of piperidine rings is 1. The molecule has 1 aromatic carbocycles. The smallest absolute Gasteiger partial charge is 0.410 e. The van der Waals surface area contributed by atoms with Crippen LogP contribution in [0.4, 0.5) is 4.79 Å². The van der Waals surface area contributed by atoms with Gasteiger partial charge in [-0.05, 0) is 39.3 Å². The fourth-order valence-electron chi connectivity index (χ4n) is 3.41. The average molecular weight is 411 g/mol. The number of nitrogens with one attached hydrogen (secondary N) is 1. The molecule has 1 aliphatic rings. The Balaban J connectivity index is 2.00. The van der Waals surface area contributed by atoms with Gasteiger partial charge in [0.05, 0.1) is 13.5 Å². The van der Waals surface area contributed by atoms with Crippen molar-refractivity contribution in [1.29, 1.82) is 0 Å². The Labute approximate surface area is 172 Å². The third-order valence-electron chi connectivity index (χ3n) is 4.85. The molecule has 1 heterocycles. The number of carbonyl (C=O) groups is 2. The van der Waals surface area contributed by atoms with E-state index in [0.29, 0.717) is 35.8 Å². The van der Waals surface area contributed by atoms with Crippen molar-refractivity contribution in [1.82, 2.24) is 10.2 Å². The number of likely N-dealkylation sites (tertiary alicyclic amines) is 1. The van der Waals surface area contributed by atoms with Crippen LogP contribution in [-0.2, 0) is 16.0 Å². The summed E-state index contributed by atoms with van der Waals surface area (Å²) in [5.41, 5.74) is -0.136. The lowest BCUT2D eigenvalue weighted by Gasteiger charge is -2.44. The van der Waals surface area contributed by atoms with Crippen LogP contribution in [0.15, 0.2) is 18.2 Å². The van der Waals surface area contributed by atoms with Crippen LogP contribution in [0.5, 0.6) is 5.75 Å². The van der Waals surface area contributed by atoms with Gasteiger partial charge in [0.25, 0.3) is 0 Å². The largest absolute Gasteiger partial charge is 0.496 e. The standard InChI is InChI=1S/C21H31ClN2O4/c1-20(2,3)28-19(26)24-11-10-17(21(4,5)13-24)23-18(25)12-14-15(22)8-7-9-16(14)27-6/h7-9,17H,10-13H2,1-6H3,(H,23,25)/t17-/m0/s1. The number of ether oxygens (including phenoxy) is 2. The maximum Gasteiger partial charge on any atom is 0.410 e. The van der Waals surface area contributed by atoms with Crippen LogP contribution >= 0.6 is 11.6 Å². The second-order valence-electron chi connectivity index (χ2n) is 8.90. The SMILES string of the molecule is COc1cccc(Cl)c1CC(=O)N[C@H]1CCN(C(=O)OC(C)(C)C)CC1(C)C. The van der Waals surface area contributed by atoms with E-state index in [1.807, 2.05) is 34.6 Å². The zero-order chi connectivity index (χ0) is 21.1. The number of methoxy groups -OCH3 is 1. The van der Waals surface area contributed by atoms with Crippen molar-refractivity contribution < 1.29 is 19.1 Å². The van der Waals surface area contributed by atoms with Crippen molar-refractivity contribution in [3.8, 4) is 5.75 Å². The Morgan fingerprint density at radius 3 is 2.57 bits per heavy atom. The minimum atomic E-state index is -0.527. The molecule has 0 radical (unpaired) electrons. The number of nitrogens with zero attached hydrogens (tertiary/aromatic N) is 1. The van der Waals surface area contributed by atoms with Gasteiger partial charge in [-0.1, -0.05) is 31.5 Å². The van der Waals surface area contributed by atoms with Gasteiger partial charge in [0.2, 0.25) is 5.91 Å². The molecule has 0 spiro atoms. The monoisotopic (exact) mass is 410 g/mol. The van der Waals surface area contributed by atoms with Crippen molar-refractivity contribution in [3.63, 3.8) is 0 Å². The molecule has 2 rings (SSSR count). The van der Waals surface area contributed by atoms with Crippen LogP contribution in [0.2, 0.25) is 5.02 Å². The van der Waals surface area contributed by atoms with E-state index in [4.69, 9.17) is 21.1 Å². The summed E-state index contributed by atoms with van der Waals surface area (Å²) in [5.74, 6) is 0.483. The first-order valence-corrected chi connectivity index (χ1v) is 9.89. The highest BCUT2D eigenvalue weighted by molar-refractivity contribution is 6.31. The van der Waals surface area contributed by atoms with E-state index in [1.165, 1.54) is 0 Å². The van der Waals surface area contributed by atoms with Crippen LogP contribution in [0.3, 0.4) is 0 Å². The van der Waals surface area contributed by atoms with E-state index in [0.717, 1.165) is 0 Å². The normalized spacial score (nSPS) is 19.1. The molecule has 1 fully saturated rings. The Bertz CT molecular complexity index is 728. The van der Waals surface area contributed by atoms with Crippen molar-refractivity contribution in [2.24, 2.45) is 5.41 Å². The lowest BCUT2D eigenvalue weighted by atomic mass is 9.79. The van der Waals surface area contributed by atoms with Crippen molar-refractivity contribution in [2.45, 2.75) is 59.1 Å². The van der Waals surface area contributed by atoms with E-state index in [9.17, 15) is 9.59 Å². The summed E-state index contributed by atoms with van der Waals surface area (Å²) in [6.07, 6.45) is 0.495. The number of halogens is 1. The van der Waals surface area contributed by atoms with Crippen LogP contribution in [0.1, 0.15) is 46.6 Å². The molecule has 1 saturated heterocycles. The summed E-state index contributed by atoms with van der Waals surface area (Å²) in [5, 5.41) is 3.62. The summed E-state index contributed by atoms with van der Waals surface area (Å²) < 4.78 is 10.8. The minimum absolute atomic E-state index is 0.0489. The van der Waals surface area contributed by atoms with Crippen LogP contribution in [-0.4, -0.2) is 48.7 Å². The molecule has 28 heavy (non-hydrogen) atoms. The van der Waals surface area contributed by atoms with Gasteiger partial charge in [-0.15, -0.1) is 0 Å². The highest BCUT2D eigenvalue weighted by atomic mass is 35.5. The highest BCUT2D eigenvalue weighted by Crippen LogP contribution is 2.31. The van der Waals surface area contributed by atoms with Crippen molar-refractivity contribution in [3.05, 3.63) is 28.8 Å². The molecule has 0 bridgehead atoms. The number of hydrogen-bond acceptors (Lipinski definition) is 4. The molecule has 2 amide bonds. The van der Waals surface area contributed by atoms with Gasteiger partial charge in [-0.2, -0.15) is 0 Å². The predicted octanol–water partition coefficient (Wildman–Crippen LogP) is 4.04. The zero-order valence-electron chi connectivity index (χ0n) is 17.6. The summed E-state index contributed by atoms with van der Waals surface area (Å²) in [6.45, 7) is 10.7. The molecule has 1 aromatic rings. The first-order valence-electron chi connectivity index (χ1n) is 9.51. The highest BCUT2D eigenvalue weighted by Gasteiger charge is 2.39. The Hall–Kier alpha value is -1.95. The Morgan fingerprint density at radius 1 is 1.32 bits per heavy atom. The van der Waals surface area contributed by atoms with Gasteiger partial charge >= 0.3 is 6.09 Å². The van der Waals surface area contributed by atoms with Gasteiger partial charge in [0, 0.05) is 35.1 Å². The van der Waals surface area contributed by atoms with Gasteiger partial charge in [-0.3, -0.25) is 4.79 Å². The Kier molecular flexibility index (Phi) is 6.86. The third-order valence-corrected chi connectivity index (χ3v) is 5.20. The molecular weight excluding hydrogens is 380 g/mol. The number of benzene rings is 1. The molecule has 0 aliphatic carbocycles. The van der Waals surface area contributed by atoms with Crippen molar-refractivity contribution >= 4 is 23.6 Å². The van der Waals surface area contributed by atoms with Gasteiger partial charge in [0.1, 0.15) is 11.4 Å². The number of rotatable bonds is 4. The van der Waals surface area contributed by atoms with E-state index in [2.05, 4.69) is 5.32 Å². The van der Waals surface area contributed by atoms with Gasteiger partial charge in [-0.25, -0.2) is 4.79 Å². The fourth-order valence-corrected chi connectivity index (χ4v) is 3.65. The maximum absolute atomic E-state index is 12.7. The lowest BCUT2D eigenvalue weighted by Crippen LogP contribution is -2.57. The van der Waals surface area contributed by atoms with E-state index in [-0.39, 0.29) is 29.9 Å². The first-order chi connectivity index (χ1) is 12.9. The molecule has 7 heteroatoms. The van der Waals surface area contributed by atoms with Gasteiger partial charge < -0.3 is 19.7 Å². The molecule has 0 unspecified atom stereocenters. The van der Waals surface area contributed by atoms with Crippen LogP contribution in [0, 0.1) is 5.41 Å². The molecule has 156 valence electrons. The van der Waals surface area contributed by atoms with Crippen molar-refractivity contribution in [2.75, 3.05) is 20.2 Å². The summed E-state index contributed by atoms with van der Waals surface area (Å²) >= 11 is 6.24. The summed E-state index contributed by atoms with van der Waals surface area (Å²) in [6, 6.07) is 5.28. The fraction of sp³-hybridized carbons (Fsp3) is 0.619. The number of hydrogen-bond donors (Lipinski definition) is 1. The minimum Gasteiger partial charge on any atom is -0.496 e. The zero-order valence-corrected chi connectivity index (χ0v) is 18.4. The van der Waals surface area contributed by atoms with Crippen LogP contribution < -0.4 is 10.1 Å². The van der Waals surface area contributed by atoms with Gasteiger partial charge in [0.15, 0.2) is 0 Å². The second kappa shape index (κ2) is 8.60. The molecule has 1 atom stereocenters. The Morgan fingerprint density at radius 2 is 2.00 bits per heavy atom. The third kappa shape index (κ3) is 5.77. The summed E-state index contributed by atoms with van der Waals surface area (Å²) in [4.78, 5) is 26.7. The molecule has 1 aliphatic heterocycles. The van der Waals surface area contributed by atoms with E-state index < -0.39 is 5.60 Å². The molecule has 0 aromatic heterocycles. The van der Waals surface area contributed by atoms with Crippen LogP contribution in [0.25, 0.3) is 0 Å². The predicted molar refractivity (Wildman–Crippen MR) is 110 cm³/mol. The molecule has 0 saturated carbocycles. The molecule has 6 nitrogen and oxygen atoms in total.